The normalized spacial score (nSPS) is 10.5. The van der Waals surface area contributed by atoms with Crippen molar-refractivity contribution >= 4 is 17.3 Å². The summed E-state index contributed by atoms with van der Waals surface area (Å²) in [7, 11) is 0. The molecule has 0 radical (unpaired) electrons. The Balaban J connectivity index is 1.74. The molecule has 2 N–H and O–H groups in total. The van der Waals surface area contributed by atoms with E-state index in [-0.39, 0.29) is 5.91 Å². The summed E-state index contributed by atoms with van der Waals surface area (Å²) < 4.78 is 5.22. The number of pyridine rings is 1. The third-order valence-electron chi connectivity index (χ3n) is 3.95. The molecule has 25 heavy (non-hydrogen) atoms. The Morgan fingerprint density at radius 3 is 2.56 bits per heavy atom. The minimum atomic E-state index is -0.190. The van der Waals surface area contributed by atoms with Crippen molar-refractivity contribution in [3.63, 3.8) is 0 Å². The van der Waals surface area contributed by atoms with Crippen LogP contribution in [-0.4, -0.2) is 10.9 Å². The smallest absolute Gasteiger partial charge is 0.253 e. The molecule has 0 fully saturated rings. The van der Waals surface area contributed by atoms with Crippen molar-refractivity contribution in [3.8, 4) is 0 Å². The number of aryl methyl sites for hydroxylation is 3. The molecule has 2 aromatic heterocycles. The van der Waals surface area contributed by atoms with Crippen LogP contribution in [0.2, 0.25) is 0 Å². The number of nitrogens with zero attached hydrogens (tertiary/aromatic N) is 1. The lowest BCUT2D eigenvalue weighted by molar-refractivity contribution is 0.0947. The number of aromatic nitrogens is 1. The van der Waals surface area contributed by atoms with E-state index < -0.39 is 0 Å². The van der Waals surface area contributed by atoms with Gasteiger partial charge in [0.05, 0.1) is 30.3 Å². The fraction of sp³-hybridized carbons (Fsp3) is 0.200. The molecule has 0 bridgehead atoms. The van der Waals surface area contributed by atoms with Crippen molar-refractivity contribution in [2.45, 2.75) is 27.3 Å². The molecule has 5 heteroatoms. The first-order valence-electron chi connectivity index (χ1n) is 8.13. The lowest BCUT2D eigenvalue weighted by atomic mass is 10.0. The second kappa shape index (κ2) is 7.21. The van der Waals surface area contributed by atoms with Crippen molar-refractivity contribution in [2.24, 2.45) is 0 Å². The molecule has 0 aliphatic rings. The molecule has 1 aromatic carbocycles. The summed E-state index contributed by atoms with van der Waals surface area (Å²) in [4.78, 5) is 16.5. The van der Waals surface area contributed by atoms with E-state index in [4.69, 9.17) is 4.42 Å². The van der Waals surface area contributed by atoms with Crippen LogP contribution in [0, 0.1) is 20.8 Å². The number of hydrogen-bond acceptors (Lipinski definition) is 4. The van der Waals surface area contributed by atoms with E-state index in [1.165, 1.54) is 5.56 Å². The molecule has 0 spiro atoms. The molecular weight excluding hydrogens is 314 g/mol. The van der Waals surface area contributed by atoms with Gasteiger partial charge in [0, 0.05) is 11.9 Å². The third-order valence-corrected chi connectivity index (χ3v) is 3.95. The van der Waals surface area contributed by atoms with Crippen LogP contribution in [0.15, 0.2) is 53.4 Å². The summed E-state index contributed by atoms with van der Waals surface area (Å²) in [5.41, 5.74) is 5.86. The van der Waals surface area contributed by atoms with Gasteiger partial charge in [0.15, 0.2) is 0 Å². The van der Waals surface area contributed by atoms with Gasteiger partial charge in [0.1, 0.15) is 5.76 Å². The van der Waals surface area contributed by atoms with Crippen molar-refractivity contribution in [1.29, 1.82) is 0 Å². The number of carbonyl (C=O) groups is 1. The van der Waals surface area contributed by atoms with Crippen molar-refractivity contribution < 1.29 is 9.21 Å². The predicted octanol–water partition coefficient (Wildman–Crippen LogP) is 4.27. The zero-order valence-corrected chi connectivity index (χ0v) is 14.6. The van der Waals surface area contributed by atoms with Gasteiger partial charge in [0.25, 0.3) is 5.91 Å². The third kappa shape index (κ3) is 4.07. The molecule has 1 amide bonds. The van der Waals surface area contributed by atoms with Crippen LogP contribution in [0.3, 0.4) is 0 Å². The lowest BCUT2D eigenvalue weighted by Crippen LogP contribution is -2.22. The predicted molar refractivity (Wildman–Crippen MR) is 98.1 cm³/mol. The van der Waals surface area contributed by atoms with Crippen LogP contribution in [-0.2, 0) is 6.54 Å². The maximum atomic E-state index is 12.3. The average molecular weight is 335 g/mol. The number of nitrogens with one attached hydrogen (secondary N) is 2. The van der Waals surface area contributed by atoms with Crippen LogP contribution >= 0.6 is 0 Å². The van der Waals surface area contributed by atoms with E-state index >= 15 is 0 Å². The maximum absolute atomic E-state index is 12.3. The van der Waals surface area contributed by atoms with Crippen LogP contribution in [0.25, 0.3) is 0 Å². The second-order valence-corrected chi connectivity index (χ2v) is 6.12. The number of benzene rings is 1. The van der Waals surface area contributed by atoms with E-state index in [1.807, 2.05) is 6.07 Å². The van der Waals surface area contributed by atoms with E-state index in [1.54, 1.807) is 30.8 Å². The molecule has 5 nitrogen and oxygen atoms in total. The average Bonchev–Trinajstić information content (AvgIpc) is 3.10. The Hall–Kier alpha value is -3.08. The topological polar surface area (TPSA) is 67.2 Å². The highest BCUT2D eigenvalue weighted by molar-refractivity contribution is 5.94. The molecule has 0 atom stereocenters. The minimum absolute atomic E-state index is 0.190. The van der Waals surface area contributed by atoms with Crippen LogP contribution in [0.4, 0.5) is 11.4 Å². The molecule has 128 valence electrons. The first-order chi connectivity index (χ1) is 12.0. The monoisotopic (exact) mass is 335 g/mol. The second-order valence-electron chi connectivity index (χ2n) is 6.12. The van der Waals surface area contributed by atoms with Crippen molar-refractivity contribution in [2.75, 3.05) is 5.32 Å². The molecule has 2 heterocycles. The minimum Gasteiger partial charge on any atom is -0.467 e. The van der Waals surface area contributed by atoms with Gasteiger partial charge in [-0.2, -0.15) is 0 Å². The Kier molecular flexibility index (Phi) is 4.84. The van der Waals surface area contributed by atoms with Gasteiger partial charge in [-0.3, -0.25) is 9.78 Å². The van der Waals surface area contributed by atoms with E-state index in [9.17, 15) is 4.79 Å². The summed E-state index contributed by atoms with van der Waals surface area (Å²) in [6.45, 7) is 6.56. The summed E-state index contributed by atoms with van der Waals surface area (Å²) in [6, 6.07) is 9.66. The highest BCUT2D eigenvalue weighted by atomic mass is 16.3. The lowest BCUT2D eigenvalue weighted by Gasteiger charge is -2.14. The molecule has 0 aliphatic carbocycles. The Labute approximate surface area is 147 Å². The molecule has 3 aromatic rings. The Bertz CT molecular complexity index is 863. The number of anilines is 2. The number of hydrogen-bond donors (Lipinski definition) is 2. The SMILES string of the molecule is Cc1cc(C)c(Nc2cncc(C(=O)NCc3ccco3)c2)c(C)c1. The summed E-state index contributed by atoms with van der Waals surface area (Å²) in [5, 5.41) is 6.19. The van der Waals surface area contributed by atoms with Gasteiger partial charge < -0.3 is 15.1 Å². The fourth-order valence-electron chi connectivity index (χ4n) is 2.84. The molecule has 0 aliphatic heterocycles. The largest absolute Gasteiger partial charge is 0.467 e. The van der Waals surface area contributed by atoms with Crippen molar-refractivity contribution in [3.05, 3.63) is 77.0 Å². The van der Waals surface area contributed by atoms with Gasteiger partial charge in [-0.05, 0) is 50.1 Å². The van der Waals surface area contributed by atoms with Crippen LogP contribution in [0.1, 0.15) is 32.8 Å². The zero-order valence-electron chi connectivity index (χ0n) is 14.6. The summed E-state index contributed by atoms with van der Waals surface area (Å²) >= 11 is 0. The Morgan fingerprint density at radius 1 is 1.12 bits per heavy atom. The molecule has 3 rings (SSSR count). The molecule has 0 saturated heterocycles. The summed E-state index contributed by atoms with van der Waals surface area (Å²) in [6.07, 6.45) is 4.85. The number of amides is 1. The highest BCUT2D eigenvalue weighted by Crippen LogP contribution is 2.25. The fourth-order valence-corrected chi connectivity index (χ4v) is 2.84. The zero-order chi connectivity index (χ0) is 17.8. The molecule has 0 saturated carbocycles. The van der Waals surface area contributed by atoms with Gasteiger partial charge >= 0.3 is 0 Å². The van der Waals surface area contributed by atoms with E-state index in [0.29, 0.717) is 17.9 Å². The van der Waals surface area contributed by atoms with Crippen LogP contribution < -0.4 is 10.6 Å². The standard InChI is InChI=1S/C20H21N3O2/c1-13-7-14(2)19(15(3)8-13)23-17-9-16(10-21-11-17)20(24)22-12-18-5-4-6-25-18/h4-11,23H,12H2,1-3H3,(H,22,24). The van der Waals surface area contributed by atoms with E-state index in [2.05, 4.69) is 48.5 Å². The highest BCUT2D eigenvalue weighted by Gasteiger charge is 2.09. The van der Waals surface area contributed by atoms with Gasteiger partial charge in [-0.1, -0.05) is 17.7 Å². The Morgan fingerprint density at radius 2 is 1.88 bits per heavy atom. The van der Waals surface area contributed by atoms with E-state index in [0.717, 1.165) is 22.5 Å². The molecule has 0 unspecified atom stereocenters. The quantitative estimate of drug-likeness (QED) is 0.730. The van der Waals surface area contributed by atoms with Gasteiger partial charge in [-0.15, -0.1) is 0 Å². The van der Waals surface area contributed by atoms with Gasteiger partial charge in [0.2, 0.25) is 0 Å². The maximum Gasteiger partial charge on any atom is 0.253 e. The van der Waals surface area contributed by atoms with Crippen LogP contribution in [0.5, 0.6) is 0 Å². The van der Waals surface area contributed by atoms with Gasteiger partial charge in [-0.25, -0.2) is 0 Å². The number of carbonyl (C=O) groups excluding carboxylic acids is 1. The first-order valence-corrected chi connectivity index (χ1v) is 8.13. The molecular formula is C20H21N3O2. The summed E-state index contributed by atoms with van der Waals surface area (Å²) in [5.74, 6) is 0.520. The number of rotatable bonds is 5. The van der Waals surface area contributed by atoms with Crippen molar-refractivity contribution in [1.82, 2.24) is 10.3 Å². The first kappa shape index (κ1) is 16.8. The number of furan rings is 1.